The highest BCUT2D eigenvalue weighted by molar-refractivity contribution is 7.99. The molecule has 0 spiro atoms. The van der Waals surface area contributed by atoms with E-state index in [2.05, 4.69) is 15.3 Å². The molecule has 4 aromatic rings. The van der Waals surface area contributed by atoms with Crippen LogP contribution >= 0.6 is 11.8 Å². The molecule has 1 aliphatic heterocycles. The maximum atomic E-state index is 13.5. The largest absolute Gasteiger partial charge is 0.411 e. The van der Waals surface area contributed by atoms with E-state index in [0.717, 1.165) is 28.5 Å². The highest BCUT2D eigenvalue weighted by atomic mass is 32.2. The van der Waals surface area contributed by atoms with E-state index in [0.29, 0.717) is 18.0 Å². The first-order chi connectivity index (χ1) is 16.6. The molecule has 1 atom stereocenters. The molecular formula is C25H18F2N4O2S. The van der Waals surface area contributed by atoms with Crippen molar-refractivity contribution >= 4 is 23.4 Å². The molecule has 5 rings (SSSR count). The fraction of sp³-hybridized carbons (Fsp3) is 0.120. The predicted molar refractivity (Wildman–Crippen MR) is 124 cm³/mol. The van der Waals surface area contributed by atoms with Gasteiger partial charge in [-0.25, -0.2) is 13.8 Å². The van der Waals surface area contributed by atoms with Crippen molar-refractivity contribution in [2.45, 2.75) is 17.7 Å². The second-order valence-corrected chi connectivity index (χ2v) is 8.52. The molecule has 0 radical (unpaired) electrons. The van der Waals surface area contributed by atoms with Gasteiger partial charge in [0, 0.05) is 12.0 Å². The molecule has 3 aromatic carbocycles. The number of nitrogens with zero attached hydrogens (tertiary/aromatic N) is 4. The van der Waals surface area contributed by atoms with Gasteiger partial charge < -0.3 is 4.42 Å². The maximum Gasteiger partial charge on any atom is 0.277 e. The minimum absolute atomic E-state index is 0.0221. The molecule has 6 nitrogen and oxygen atoms in total. The Morgan fingerprint density at radius 1 is 0.912 bits per heavy atom. The van der Waals surface area contributed by atoms with Crippen LogP contribution in [0.25, 0.3) is 11.5 Å². The molecule has 0 saturated heterocycles. The smallest absolute Gasteiger partial charge is 0.277 e. The molecule has 0 fully saturated rings. The molecule has 1 unspecified atom stereocenters. The Labute approximate surface area is 198 Å². The van der Waals surface area contributed by atoms with E-state index in [1.54, 1.807) is 24.3 Å². The lowest BCUT2D eigenvalue weighted by molar-refractivity contribution is -0.130. The fourth-order valence-corrected chi connectivity index (χ4v) is 4.27. The first-order valence-electron chi connectivity index (χ1n) is 10.5. The first kappa shape index (κ1) is 22.0. The summed E-state index contributed by atoms with van der Waals surface area (Å²) < 4.78 is 32.5. The van der Waals surface area contributed by atoms with Gasteiger partial charge in [0.2, 0.25) is 5.89 Å². The number of benzene rings is 3. The summed E-state index contributed by atoms with van der Waals surface area (Å²) >= 11 is 1.12. The van der Waals surface area contributed by atoms with Crippen LogP contribution in [-0.4, -0.2) is 32.6 Å². The molecular weight excluding hydrogens is 458 g/mol. The average Bonchev–Trinajstić information content (AvgIpc) is 3.52. The zero-order valence-electron chi connectivity index (χ0n) is 17.8. The Hall–Kier alpha value is -3.85. The third-order valence-corrected chi connectivity index (χ3v) is 6.15. The van der Waals surface area contributed by atoms with Crippen molar-refractivity contribution in [3.8, 4) is 11.5 Å². The molecule has 0 bridgehead atoms. The van der Waals surface area contributed by atoms with Crippen LogP contribution in [0.2, 0.25) is 0 Å². The summed E-state index contributed by atoms with van der Waals surface area (Å²) in [6, 6.07) is 20.9. The van der Waals surface area contributed by atoms with Crippen LogP contribution in [-0.2, 0) is 4.79 Å². The SMILES string of the molecule is O=C(CSc1nnc(-c2ccccc2)o1)N1N=C(c2ccc(F)cc2)CC1c1ccc(F)cc1. The van der Waals surface area contributed by atoms with E-state index >= 15 is 0 Å². The van der Waals surface area contributed by atoms with Crippen molar-refractivity contribution in [2.24, 2.45) is 5.10 Å². The van der Waals surface area contributed by atoms with Crippen molar-refractivity contribution in [3.05, 3.63) is 102 Å². The van der Waals surface area contributed by atoms with Gasteiger partial charge in [-0.15, -0.1) is 10.2 Å². The van der Waals surface area contributed by atoms with Crippen LogP contribution in [0.1, 0.15) is 23.6 Å². The Kier molecular flexibility index (Phi) is 6.18. The number of carbonyl (C=O) groups is 1. The van der Waals surface area contributed by atoms with Crippen LogP contribution in [0.3, 0.4) is 0 Å². The van der Waals surface area contributed by atoms with Gasteiger partial charge in [0.05, 0.1) is 17.5 Å². The van der Waals surface area contributed by atoms with E-state index in [4.69, 9.17) is 4.42 Å². The second-order valence-electron chi connectivity index (χ2n) is 7.59. The first-order valence-corrected chi connectivity index (χ1v) is 11.5. The van der Waals surface area contributed by atoms with Crippen LogP contribution in [0.5, 0.6) is 0 Å². The Bertz CT molecular complexity index is 1330. The lowest BCUT2D eigenvalue weighted by Crippen LogP contribution is -2.28. The molecule has 9 heteroatoms. The summed E-state index contributed by atoms with van der Waals surface area (Å²) in [5, 5.41) is 14.3. The van der Waals surface area contributed by atoms with Gasteiger partial charge in [-0.1, -0.05) is 54.2 Å². The number of carbonyl (C=O) groups excluding carboxylic acids is 1. The summed E-state index contributed by atoms with van der Waals surface area (Å²) in [4.78, 5) is 13.2. The number of rotatable bonds is 6. The van der Waals surface area contributed by atoms with E-state index in [1.165, 1.54) is 29.3 Å². The molecule has 34 heavy (non-hydrogen) atoms. The lowest BCUT2D eigenvalue weighted by Gasteiger charge is -2.21. The zero-order chi connectivity index (χ0) is 23.5. The molecule has 1 amide bonds. The third kappa shape index (κ3) is 4.74. The van der Waals surface area contributed by atoms with E-state index in [9.17, 15) is 13.6 Å². The molecule has 0 N–H and O–H groups in total. The van der Waals surface area contributed by atoms with Crippen molar-refractivity contribution in [2.75, 3.05) is 5.75 Å². The normalized spacial score (nSPS) is 15.4. The Balaban J connectivity index is 1.34. The highest BCUT2D eigenvalue weighted by Gasteiger charge is 2.33. The standard InChI is InChI=1S/C25H18F2N4O2S/c26-19-10-6-16(7-11-19)21-14-22(17-8-12-20(27)13-9-17)31(30-21)23(32)15-34-25-29-28-24(33-25)18-4-2-1-3-5-18/h1-13,22H,14-15H2. The van der Waals surface area contributed by atoms with Crippen LogP contribution < -0.4 is 0 Å². The number of amides is 1. The van der Waals surface area contributed by atoms with Crippen molar-refractivity contribution in [3.63, 3.8) is 0 Å². The van der Waals surface area contributed by atoms with Gasteiger partial charge in [0.1, 0.15) is 11.6 Å². The summed E-state index contributed by atoms with van der Waals surface area (Å²) in [6.45, 7) is 0. The summed E-state index contributed by atoms with van der Waals surface area (Å²) in [5.74, 6) is -0.584. The number of halogens is 2. The molecule has 0 aliphatic carbocycles. The molecule has 2 heterocycles. The number of hydrazone groups is 1. The average molecular weight is 477 g/mol. The number of hydrogen-bond acceptors (Lipinski definition) is 6. The Morgan fingerprint density at radius 2 is 1.59 bits per heavy atom. The monoisotopic (exact) mass is 476 g/mol. The third-order valence-electron chi connectivity index (χ3n) is 5.34. The lowest BCUT2D eigenvalue weighted by atomic mass is 9.98. The van der Waals surface area contributed by atoms with Gasteiger partial charge in [-0.2, -0.15) is 5.10 Å². The number of aromatic nitrogens is 2. The van der Waals surface area contributed by atoms with Crippen molar-refractivity contribution in [1.29, 1.82) is 0 Å². The van der Waals surface area contributed by atoms with Gasteiger partial charge in [0.25, 0.3) is 11.1 Å². The van der Waals surface area contributed by atoms with Crippen LogP contribution in [0.4, 0.5) is 8.78 Å². The minimum Gasteiger partial charge on any atom is -0.411 e. The van der Waals surface area contributed by atoms with Crippen molar-refractivity contribution < 1.29 is 18.0 Å². The maximum absolute atomic E-state index is 13.5. The Morgan fingerprint density at radius 3 is 2.29 bits per heavy atom. The number of hydrogen-bond donors (Lipinski definition) is 0. The van der Waals surface area contributed by atoms with E-state index < -0.39 is 6.04 Å². The summed E-state index contributed by atoms with van der Waals surface area (Å²) in [6.07, 6.45) is 0.423. The van der Waals surface area contributed by atoms with Gasteiger partial charge in [-0.05, 0) is 47.5 Å². The minimum atomic E-state index is -0.406. The fourth-order valence-electron chi connectivity index (χ4n) is 3.66. The topological polar surface area (TPSA) is 71.6 Å². The van der Waals surface area contributed by atoms with Crippen molar-refractivity contribution in [1.82, 2.24) is 15.2 Å². The van der Waals surface area contributed by atoms with Gasteiger partial charge >= 0.3 is 0 Å². The summed E-state index contributed by atoms with van der Waals surface area (Å²) in [7, 11) is 0. The van der Waals surface area contributed by atoms with E-state index in [1.807, 2.05) is 30.3 Å². The molecule has 1 aliphatic rings. The number of thioether (sulfide) groups is 1. The van der Waals surface area contributed by atoms with E-state index in [-0.39, 0.29) is 28.5 Å². The molecule has 0 saturated carbocycles. The predicted octanol–water partition coefficient (Wildman–Crippen LogP) is 5.48. The quantitative estimate of drug-likeness (QED) is 0.345. The summed E-state index contributed by atoms with van der Waals surface area (Å²) in [5.41, 5.74) is 2.92. The van der Waals surface area contributed by atoms with Gasteiger partial charge in [0.15, 0.2) is 0 Å². The van der Waals surface area contributed by atoms with Gasteiger partial charge in [-0.3, -0.25) is 4.79 Å². The molecule has 1 aromatic heterocycles. The van der Waals surface area contributed by atoms with Crippen LogP contribution in [0.15, 0.2) is 93.6 Å². The van der Waals surface area contributed by atoms with Crippen LogP contribution in [0, 0.1) is 11.6 Å². The zero-order valence-corrected chi connectivity index (χ0v) is 18.6. The second kappa shape index (κ2) is 9.56. The highest BCUT2D eigenvalue weighted by Crippen LogP contribution is 2.34. The molecule has 170 valence electrons.